The van der Waals surface area contributed by atoms with E-state index < -0.39 is 0 Å². The summed E-state index contributed by atoms with van der Waals surface area (Å²) >= 11 is 0. The van der Waals surface area contributed by atoms with Crippen molar-refractivity contribution in [1.29, 1.82) is 0 Å². The molecule has 0 aliphatic carbocycles. The summed E-state index contributed by atoms with van der Waals surface area (Å²) < 4.78 is 5.20. The van der Waals surface area contributed by atoms with Gasteiger partial charge in [-0.2, -0.15) is 0 Å². The van der Waals surface area contributed by atoms with Crippen molar-refractivity contribution < 1.29 is 9.21 Å². The SMILES string of the molecule is CCC(CCN)N1CCCN(C(=O)c2ccco2)CC1. The molecule has 1 amide bonds. The van der Waals surface area contributed by atoms with Gasteiger partial charge >= 0.3 is 0 Å². The number of carbonyl (C=O) groups excluding carboxylic acids is 1. The average molecular weight is 279 g/mol. The van der Waals surface area contributed by atoms with Crippen LogP contribution >= 0.6 is 0 Å². The maximum atomic E-state index is 12.3. The smallest absolute Gasteiger partial charge is 0.289 e. The van der Waals surface area contributed by atoms with Crippen molar-refractivity contribution in [3.8, 4) is 0 Å². The van der Waals surface area contributed by atoms with Crippen LogP contribution in [0.5, 0.6) is 0 Å². The Hall–Kier alpha value is -1.33. The van der Waals surface area contributed by atoms with E-state index in [2.05, 4.69) is 11.8 Å². The second kappa shape index (κ2) is 7.45. The maximum absolute atomic E-state index is 12.3. The van der Waals surface area contributed by atoms with Crippen LogP contribution in [-0.2, 0) is 0 Å². The standard InChI is InChI=1S/C15H25N3O2/c1-2-13(6-7-16)17-8-4-9-18(11-10-17)15(19)14-5-3-12-20-14/h3,5,12-13H,2,4,6-11,16H2,1H3. The summed E-state index contributed by atoms with van der Waals surface area (Å²) in [6.07, 6.45) is 4.70. The lowest BCUT2D eigenvalue weighted by atomic mass is 10.1. The summed E-state index contributed by atoms with van der Waals surface area (Å²) in [5.74, 6) is 0.441. The van der Waals surface area contributed by atoms with Crippen LogP contribution in [0.15, 0.2) is 22.8 Å². The van der Waals surface area contributed by atoms with E-state index in [1.165, 1.54) is 0 Å². The predicted molar refractivity (Wildman–Crippen MR) is 78.6 cm³/mol. The second-order valence-corrected chi connectivity index (χ2v) is 5.30. The van der Waals surface area contributed by atoms with E-state index in [0.717, 1.165) is 52.0 Å². The molecule has 0 saturated carbocycles. The zero-order valence-corrected chi connectivity index (χ0v) is 12.3. The highest BCUT2D eigenvalue weighted by Crippen LogP contribution is 2.14. The third-order valence-corrected chi connectivity index (χ3v) is 4.04. The molecule has 5 nitrogen and oxygen atoms in total. The molecular formula is C15H25N3O2. The van der Waals surface area contributed by atoms with Crippen LogP contribution in [0.25, 0.3) is 0 Å². The topological polar surface area (TPSA) is 62.7 Å². The van der Waals surface area contributed by atoms with Crippen LogP contribution in [0.4, 0.5) is 0 Å². The lowest BCUT2D eigenvalue weighted by Gasteiger charge is -2.29. The molecule has 0 aromatic carbocycles. The minimum Gasteiger partial charge on any atom is -0.459 e. The average Bonchev–Trinajstić information content (AvgIpc) is 2.89. The fraction of sp³-hybridized carbons (Fsp3) is 0.667. The zero-order valence-electron chi connectivity index (χ0n) is 12.3. The Balaban J connectivity index is 1.93. The molecule has 1 aliphatic rings. The summed E-state index contributed by atoms with van der Waals surface area (Å²) in [7, 11) is 0. The first kappa shape index (κ1) is 15.1. The van der Waals surface area contributed by atoms with Crippen molar-refractivity contribution in [3.63, 3.8) is 0 Å². The third-order valence-electron chi connectivity index (χ3n) is 4.04. The fourth-order valence-corrected chi connectivity index (χ4v) is 2.90. The number of amides is 1. The second-order valence-electron chi connectivity index (χ2n) is 5.30. The van der Waals surface area contributed by atoms with Gasteiger partial charge in [0.2, 0.25) is 0 Å². The van der Waals surface area contributed by atoms with Gasteiger partial charge in [0.25, 0.3) is 5.91 Å². The normalized spacial score (nSPS) is 18.8. The van der Waals surface area contributed by atoms with E-state index in [0.29, 0.717) is 11.8 Å². The van der Waals surface area contributed by atoms with Crippen LogP contribution in [0, 0.1) is 0 Å². The minimum absolute atomic E-state index is 0.00345. The Labute approximate surface area is 120 Å². The molecule has 2 heterocycles. The number of carbonyl (C=O) groups is 1. The van der Waals surface area contributed by atoms with E-state index in [1.54, 1.807) is 18.4 Å². The molecule has 0 radical (unpaired) electrons. The van der Waals surface area contributed by atoms with Crippen LogP contribution < -0.4 is 5.73 Å². The predicted octanol–water partition coefficient (Wildman–Crippen LogP) is 1.55. The number of hydrogen-bond acceptors (Lipinski definition) is 4. The number of furan rings is 1. The molecule has 1 aromatic rings. The summed E-state index contributed by atoms with van der Waals surface area (Å²) in [5.41, 5.74) is 5.69. The van der Waals surface area contributed by atoms with E-state index in [4.69, 9.17) is 10.2 Å². The molecule has 0 bridgehead atoms. The Bertz CT molecular complexity index is 405. The molecule has 5 heteroatoms. The summed E-state index contributed by atoms with van der Waals surface area (Å²) in [5, 5.41) is 0. The van der Waals surface area contributed by atoms with E-state index in [1.807, 2.05) is 4.90 Å². The van der Waals surface area contributed by atoms with Gasteiger partial charge in [-0.05, 0) is 37.9 Å². The van der Waals surface area contributed by atoms with Crippen LogP contribution in [-0.4, -0.2) is 54.5 Å². The number of nitrogens with zero attached hydrogens (tertiary/aromatic N) is 2. The van der Waals surface area contributed by atoms with Crippen molar-refractivity contribution in [2.24, 2.45) is 5.73 Å². The lowest BCUT2D eigenvalue weighted by molar-refractivity contribution is 0.0725. The highest BCUT2D eigenvalue weighted by atomic mass is 16.3. The zero-order chi connectivity index (χ0) is 14.4. The molecule has 1 unspecified atom stereocenters. The maximum Gasteiger partial charge on any atom is 0.289 e. The Morgan fingerprint density at radius 3 is 2.90 bits per heavy atom. The highest BCUT2D eigenvalue weighted by Gasteiger charge is 2.24. The van der Waals surface area contributed by atoms with Crippen LogP contribution in [0.1, 0.15) is 36.7 Å². The largest absolute Gasteiger partial charge is 0.459 e. The van der Waals surface area contributed by atoms with Crippen molar-refractivity contribution >= 4 is 5.91 Å². The van der Waals surface area contributed by atoms with Gasteiger partial charge < -0.3 is 15.1 Å². The third kappa shape index (κ3) is 3.61. The monoisotopic (exact) mass is 279 g/mol. The van der Waals surface area contributed by atoms with Gasteiger partial charge in [0.05, 0.1) is 6.26 Å². The van der Waals surface area contributed by atoms with Gasteiger partial charge in [-0.3, -0.25) is 9.69 Å². The Morgan fingerprint density at radius 1 is 1.40 bits per heavy atom. The van der Waals surface area contributed by atoms with Gasteiger partial charge in [-0.1, -0.05) is 6.92 Å². The molecule has 1 atom stereocenters. The molecule has 1 aliphatic heterocycles. The molecule has 1 saturated heterocycles. The van der Waals surface area contributed by atoms with Crippen molar-refractivity contribution in [1.82, 2.24) is 9.80 Å². The van der Waals surface area contributed by atoms with Gasteiger partial charge in [-0.25, -0.2) is 0 Å². The van der Waals surface area contributed by atoms with Crippen molar-refractivity contribution in [2.45, 2.75) is 32.2 Å². The molecule has 1 aromatic heterocycles. The summed E-state index contributed by atoms with van der Waals surface area (Å²) in [4.78, 5) is 16.7. The van der Waals surface area contributed by atoms with Gasteiger partial charge in [0, 0.05) is 32.2 Å². The van der Waals surface area contributed by atoms with Gasteiger partial charge in [-0.15, -0.1) is 0 Å². The minimum atomic E-state index is 0.00345. The van der Waals surface area contributed by atoms with E-state index in [9.17, 15) is 4.79 Å². The first-order valence-electron chi connectivity index (χ1n) is 7.53. The molecule has 112 valence electrons. The van der Waals surface area contributed by atoms with Gasteiger partial charge in [0.1, 0.15) is 0 Å². The Morgan fingerprint density at radius 2 is 2.25 bits per heavy atom. The molecule has 1 fully saturated rings. The first-order chi connectivity index (χ1) is 9.76. The van der Waals surface area contributed by atoms with Crippen molar-refractivity contribution in [3.05, 3.63) is 24.2 Å². The van der Waals surface area contributed by atoms with Crippen LogP contribution in [0.2, 0.25) is 0 Å². The van der Waals surface area contributed by atoms with Gasteiger partial charge in [0.15, 0.2) is 5.76 Å². The number of hydrogen-bond donors (Lipinski definition) is 1. The molecule has 2 N–H and O–H groups in total. The van der Waals surface area contributed by atoms with Crippen LogP contribution in [0.3, 0.4) is 0 Å². The Kier molecular flexibility index (Phi) is 5.61. The number of nitrogens with two attached hydrogens (primary N) is 1. The molecular weight excluding hydrogens is 254 g/mol. The molecule has 20 heavy (non-hydrogen) atoms. The first-order valence-corrected chi connectivity index (χ1v) is 7.53. The molecule has 2 rings (SSSR count). The highest BCUT2D eigenvalue weighted by molar-refractivity contribution is 5.91. The summed E-state index contributed by atoms with van der Waals surface area (Å²) in [6.45, 7) is 6.46. The number of rotatable bonds is 5. The molecule has 0 spiro atoms. The van der Waals surface area contributed by atoms with E-state index in [-0.39, 0.29) is 5.91 Å². The van der Waals surface area contributed by atoms with E-state index >= 15 is 0 Å². The lowest BCUT2D eigenvalue weighted by Crippen LogP contribution is -2.40. The van der Waals surface area contributed by atoms with Crippen molar-refractivity contribution in [2.75, 3.05) is 32.7 Å². The fourth-order valence-electron chi connectivity index (χ4n) is 2.90. The quantitative estimate of drug-likeness (QED) is 0.888. The summed E-state index contributed by atoms with van der Waals surface area (Å²) in [6, 6.07) is 4.03.